The third kappa shape index (κ3) is 4.67. The van der Waals surface area contributed by atoms with Gasteiger partial charge in [-0.1, -0.05) is 49.4 Å². The van der Waals surface area contributed by atoms with E-state index in [1.807, 2.05) is 52.3 Å². The van der Waals surface area contributed by atoms with Gasteiger partial charge in [-0.25, -0.2) is 0 Å². The zero-order chi connectivity index (χ0) is 20.2. The summed E-state index contributed by atoms with van der Waals surface area (Å²) in [5, 5.41) is 0.0328. The second-order valence-electron chi connectivity index (χ2n) is 8.11. The van der Waals surface area contributed by atoms with Crippen LogP contribution in [0.3, 0.4) is 0 Å². The van der Waals surface area contributed by atoms with Crippen LogP contribution in [0.5, 0.6) is 0 Å². The number of carbonyl (C=O) groups is 2. The van der Waals surface area contributed by atoms with Crippen LogP contribution < -0.4 is 0 Å². The number of benzene rings is 2. The molecular formula is C24H28N2O2S. The number of hydrogen-bond acceptors (Lipinski definition) is 3. The zero-order valence-electron chi connectivity index (χ0n) is 16.9. The summed E-state index contributed by atoms with van der Waals surface area (Å²) >= 11 is 1.67. The summed E-state index contributed by atoms with van der Waals surface area (Å²) in [6, 6.07) is 18.2. The summed E-state index contributed by atoms with van der Waals surface area (Å²) in [4.78, 5) is 29.2. The maximum atomic E-state index is 12.8. The predicted molar refractivity (Wildman–Crippen MR) is 118 cm³/mol. The maximum absolute atomic E-state index is 12.8. The van der Waals surface area contributed by atoms with Crippen molar-refractivity contribution >= 4 is 23.6 Å². The Morgan fingerprint density at radius 3 is 2.59 bits per heavy atom. The molecule has 0 spiro atoms. The van der Waals surface area contributed by atoms with E-state index in [-0.39, 0.29) is 17.2 Å². The van der Waals surface area contributed by atoms with E-state index >= 15 is 0 Å². The minimum absolute atomic E-state index is 0.0328. The molecule has 0 bridgehead atoms. The molecule has 0 saturated carbocycles. The number of amides is 2. The van der Waals surface area contributed by atoms with Crippen molar-refractivity contribution in [2.75, 3.05) is 25.4 Å². The fourth-order valence-electron chi connectivity index (χ4n) is 4.21. The first-order valence-corrected chi connectivity index (χ1v) is 11.5. The molecule has 0 aliphatic carbocycles. The second-order valence-corrected chi connectivity index (χ2v) is 9.18. The van der Waals surface area contributed by atoms with E-state index in [9.17, 15) is 9.59 Å². The maximum Gasteiger partial charge on any atom is 0.253 e. The highest BCUT2D eigenvalue weighted by molar-refractivity contribution is 8.00. The van der Waals surface area contributed by atoms with Gasteiger partial charge in [-0.15, -0.1) is 11.8 Å². The minimum Gasteiger partial charge on any atom is -0.338 e. The molecule has 2 saturated heterocycles. The van der Waals surface area contributed by atoms with Crippen LogP contribution in [-0.4, -0.2) is 47.0 Å². The topological polar surface area (TPSA) is 40.6 Å². The lowest BCUT2D eigenvalue weighted by molar-refractivity contribution is -0.128. The first-order chi connectivity index (χ1) is 14.1. The van der Waals surface area contributed by atoms with E-state index in [4.69, 9.17) is 0 Å². The van der Waals surface area contributed by atoms with Crippen molar-refractivity contribution in [1.29, 1.82) is 0 Å². The molecule has 4 rings (SSSR count). The van der Waals surface area contributed by atoms with Crippen LogP contribution >= 0.6 is 11.8 Å². The van der Waals surface area contributed by atoms with Gasteiger partial charge >= 0.3 is 0 Å². The smallest absolute Gasteiger partial charge is 0.253 e. The van der Waals surface area contributed by atoms with Crippen LogP contribution in [0, 0.1) is 5.92 Å². The van der Waals surface area contributed by atoms with Gasteiger partial charge in [0.15, 0.2) is 0 Å². The highest BCUT2D eigenvalue weighted by atomic mass is 32.2. The van der Waals surface area contributed by atoms with Crippen LogP contribution in [0.2, 0.25) is 0 Å². The van der Waals surface area contributed by atoms with Crippen molar-refractivity contribution in [3.8, 4) is 0 Å². The molecule has 0 N–H and O–H groups in total. The molecule has 0 aromatic heterocycles. The zero-order valence-corrected chi connectivity index (χ0v) is 17.7. The van der Waals surface area contributed by atoms with Crippen molar-refractivity contribution < 1.29 is 9.59 Å². The molecule has 0 unspecified atom stereocenters. The number of rotatable bonds is 5. The molecule has 5 heteroatoms. The van der Waals surface area contributed by atoms with Gasteiger partial charge in [-0.05, 0) is 48.4 Å². The van der Waals surface area contributed by atoms with Gasteiger partial charge in [0.05, 0.1) is 5.75 Å². The van der Waals surface area contributed by atoms with Crippen molar-refractivity contribution in [2.24, 2.45) is 5.92 Å². The van der Waals surface area contributed by atoms with Gasteiger partial charge in [0.2, 0.25) is 5.91 Å². The highest BCUT2D eigenvalue weighted by Gasteiger charge is 2.32. The monoisotopic (exact) mass is 408 g/mol. The third-order valence-corrected chi connectivity index (χ3v) is 7.10. The Hall–Kier alpha value is -2.27. The van der Waals surface area contributed by atoms with Crippen molar-refractivity contribution in [3.63, 3.8) is 0 Å². The summed E-state index contributed by atoms with van der Waals surface area (Å²) in [5.41, 5.74) is 3.08. The Bertz CT molecular complexity index is 853. The number of nitrogens with zero attached hydrogens (tertiary/aromatic N) is 2. The number of likely N-dealkylation sites (tertiary alicyclic amines) is 1. The number of carbonyl (C=O) groups excluding carboxylic acids is 2. The van der Waals surface area contributed by atoms with Crippen LogP contribution in [0.1, 0.15) is 46.6 Å². The summed E-state index contributed by atoms with van der Waals surface area (Å²) in [7, 11) is 0. The summed E-state index contributed by atoms with van der Waals surface area (Å²) in [6.45, 7) is 4.62. The molecule has 2 aliphatic heterocycles. The molecule has 2 aromatic rings. The van der Waals surface area contributed by atoms with Gasteiger partial charge in [0.25, 0.3) is 5.91 Å². The van der Waals surface area contributed by atoms with E-state index in [0.717, 1.165) is 37.1 Å². The molecule has 2 aliphatic rings. The lowest BCUT2D eigenvalue weighted by Crippen LogP contribution is -2.39. The van der Waals surface area contributed by atoms with Crippen molar-refractivity contribution in [2.45, 2.75) is 31.6 Å². The average molecular weight is 409 g/mol. The van der Waals surface area contributed by atoms with Crippen LogP contribution in [0.4, 0.5) is 0 Å². The minimum atomic E-state index is 0.0328. The molecule has 4 nitrogen and oxygen atoms in total. The van der Waals surface area contributed by atoms with E-state index in [1.54, 1.807) is 11.8 Å². The van der Waals surface area contributed by atoms with E-state index in [1.165, 1.54) is 12.0 Å². The molecular weight excluding hydrogens is 380 g/mol. The standard InChI is InChI=1S/C24H28N2O2S/c1-18-6-5-14-25(16-18)23(28)20-9-11-21(12-10-20)24-26(22(27)17-29-24)15-13-19-7-3-2-4-8-19/h2-4,7-12,18,24H,5-6,13-17H2,1H3/t18-,24-/m1/s1. The fraction of sp³-hybridized carbons (Fsp3) is 0.417. The quantitative estimate of drug-likeness (QED) is 0.737. The van der Waals surface area contributed by atoms with Crippen molar-refractivity contribution in [1.82, 2.24) is 9.80 Å². The highest BCUT2D eigenvalue weighted by Crippen LogP contribution is 2.38. The fourth-order valence-corrected chi connectivity index (χ4v) is 5.43. The molecule has 2 amide bonds. The molecule has 0 radical (unpaired) electrons. The first kappa shape index (κ1) is 20.0. The van der Waals surface area contributed by atoms with E-state index in [0.29, 0.717) is 18.2 Å². The van der Waals surface area contributed by atoms with Gasteiger partial charge in [-0.2, -0.15) is 0 Å². The summed E-state index contributed by atoms with van der Waals surface area (Å²) in [5.74, 6) is 1.41. The molecule has 29 heavy (non-hydrogen) atoms. The first-order valence-electron chi connectivity index (χ1n) is 10.5. The van der Waals surface area contributed by atoms with E-state index < -0.39 is 0 Å². The van der Waals surface area contributed by atoms with Gasteiger partial charge in [-0.3, -0.25) is 9.59 Å². The number of thioether (sulfide) groups is 1. The van der Waals surface area contributed by atoms with Crippen LogP contribution in [0.15, 0.2) is 54.6 Å². The summed E-state index contributed by atoms with van der Waals surface area (Å²) in [6.07, 6.45) is 3.14. The van der Waals surface area contributed by atoms with Gasteiger partial charge < -0.3 is 9.80 Å². The Balaban J connectivity index is 1.43. The van der Waals surface area contributed by atoms with Crippen molar-refractivity contribution in [3.05, 3.63) is 71.3 Å². The largest absolute Gasteiger partial charge is 0.338 e. The predicted octanol–water partition coefficient (Wildman–Crippen LogP) is 4.38. The van der Waals surface area contributed by atoms with Crippen LogP contribution in [0.25, 0.3) is 0 Å². The third-order valence-electron chi connectivity index (χ3n) is 5.84. The molecule has 152 valence electrons. The molecule has 2 atom stereocenters. The normalized spacial score (nSPS) is 22.2. The number of piperidine rings is 1. The number of hydrogen-bond donors (Lipinski definition) is 0. The second kappa shape index (κ2) is 9.04. The SMILES string of the molecule is C[C@@H]1CCCN(C(=O)c2ccc([C@H]3SCC(=O)N3CCc3ccccc3)cc2)C1. The molecule has 2 heterocycles. The van der Waals surface area contributed by atoms with E-state index in [2.05, 4.69) is 19.1 Å². The Morgan fingerprint density at radius 1 is 1.10 bits per heavy atom. The molecule has 2 fully saturated rings. The molecule has 2 aromatic carbocycles. The van der Waals surface area contributed by atoms with Gasteiger partial charge in [0, 0.05) is 25.2 Å². The Morgan fingerprint density at radius 2 is 1.86 bits per heavy atom. The Labute approximate surface area is 177 Å². The lowest BCUT2D eigenvalue weighted by atomic mass is 9.99. The average Bonchev–Trinajstić information content (AvgIpc) is 3.13. The van der Waals surface area contributed by atoms with Gasteiger partial charge in [0.1, 0.15) is 5.37 Å². The summed E-state index contributed by atoms with van der Waals surface area (Å²) < 4.78 is 0. The van der Waals surface area contributed by atoms with Crippen LogP contribution in [-0.2, 0) is 11.2 Å². The lowest BCUT2D eigenvalue weighted by Gasteiger charge is -2.31. The Kier molecular flexibility index (Phi) is 6.24.